The molecule has 0 radical (unpaired) electrons. The summed E-state index contributed by atoms with van der Waals surface area (Å²) in [5, 5.41) is 2.73. The molecule has 3 aromatic carbocycles. The van der Waals surface area contributed by atoms with Gasteiger partial charge in [-0.15, -0.1) is 0 Å². The quantitative estimate of drug-likeness (QED) is 0.215. The Hall–Kier alpha value is -4.45. The number of nitrogens with one attached hydrogen (secondary N) is 1. The van der Waals surface area contributed by atoms with E-state index in [4.69, 9.17) is 23.7 Å². The number of thiazole rings is 1. The Morgan fingerprint density at radius 3 is 2.12 bits per heavy atom. The zero-order chi connectivity index (χ0) is 28.9. The van der Waals surface area contributed by atoms with E-state index < -0.39 is 17.6 Å². The van der Waals surface area contributed by atoms with Gasteiger partial charge in [-0.2, -0.15) is 13.2 Å². The van der Waals surface area contributed by atoms with Crippen LogP contribution in [-0.2, 0) is 11.0 Å². The average Bonchev–Trinajstić information content (AvgIpc) is 3.35. The fourth-order valence-corrected chi connectivity index (χ4v) is 4.62. The van der Waals surface area contributed by atoms with Gasteiger partial charge in [0.2, 0.25) is 5.75 Å². The van der Waals surface area contributed by atoms with Gasteiger partial charge in [-0.3, -0.25) is 10.1 Å². The summed E-state index contributed by atoms with van der Waals surface area (Å²) in [6, 6.07) is 12.1. The number of alkyl halides is 3. The highest BCUT2D eigenvalue weighted by Gasteiger charge is 2.30. The minimum atomic E-state index is -4.48. The van der Waals surface area contributed by atoms with Crippen LogP contribution in [0.5, 0.6) is 28.7 Å². The summed E-state index contributed by atoms with van der Waals surface area (Å²) >= 11 is 1.06. The number of hydrogen-bond acceptors (Lipinski definition) is 8. The maximum absolute atomic E-state index is 13.0. The van der Waals surface area contributed by atoms with E-state index >= 15 is 0 Å². The topological polar surface area (TPSA) is 88.1 Å². The molecule has 4 rings (SSSR count). The molecular weight excluding hydrogens is 549 g/mol. The summed E-state index contributed by atoms with van der Waals surface area (Å²) in [5.41, 5.74) is 0.893. The van der Waals surface area contributed by atoms with Gasteiger partial charge in [-0.05, 0) is 53.6 Å². The van der Waals surface area contributed by atoms with Crippen LogP contribution in [0.25, 0.3) is 22.4 Å². The molecule has 8 nitrogen and oxygen atoms in total. The van der Waals surface area contributed by atoms with E-state index in [0.29, 0.717) is 33.4 Å². The molecule has 0 atom stereocenters. The standard InChI is InChI=1S/C28H25F3N2O6S/c1-35-20-9-7-16(5-6-17-12-22(36-2)26(38-4)23(13-17)37-3)11-21(20)39-15-25(34)33-27-32-19-14-18(28(29,30)31)8-10-24(19)40-27/h5-14H,15H2,1-4H3,(H,32,33,34)/b6-5-. The second-order valence-corrected chi connectivity index (χ2v) is 9.27. The Morgan fingerprint density at radius 2 is 1.50 bits per heavy atom. The minimum absolute atomic E-state index is 0.143. The first-order valence-corrected chi connectivity index (χ1v) is 12.5. The summed E-state index contributed by atoms with van der Waals surface area (Å²) in [6.07, 6.45) is -0.796. The van der Waals surface area contributed by atoms with Gasteiger partial charge >= 0.3 is 6.18 Å². The number of nitrogens with zero attached hydrogens (tertiary/aromatic N) is 1. The molecule has 0 bridgehead atoms. The highest BCUT2D eigenvalue weighted by atomic mass is 32.1. The molecule has 1 amide bonds. The zero-order valence-electron chi connectivity index (χ0n) is 21.9. The lowest BCUT2D eigenvalue weighted by Gasteiger charge is -2.13. The van der Waals surface area contributed by atoms with Crippen LogP contribution >= 0.6 is 11.3 Å². The normalized spacial score (nSPS) is 11.5. The summed E-state index contributed by atoms with van der Waals surface area (Å²) in [7, 11) is 6.08. The molecule has 4 aromatic rings. The predicted octanol–water partition coefficient (Wildman–Crippen LogP) is 6.54. The van der Waals surface area contributed by atoms with Crippen molar-refractivity contribution in [2.45, 2.75) is 6.18 Å². The molecule has 0 aliphatic heterocycles. The van der Waals surface area contributed by atoms with Crippen LogP contribution in [0.15, 0.2) is 48.5 Å². The van der Waals surface area contributed by atoms with Gasteiger partial charge in [-0.25, -0.2) is 4.98 Å². The molecule has 40 heavy (non-hydrogen) atoms. The number of anilines is 1. The first kappa shape index (κ1) is 28.6. The predicted molar refractivity (Wildman–Crippen MR) is 147 cm³/mol. The molecule has 0 aliphatic carbocycles. The molecule has 0 fully saturated rings. The molecule has 1 heterocycles. The molecule has 1 N–H and O–H groups in total. The second-order valence-electron chi connectivity index (χ2n) is 8.24. The first-order chi connectivity index (χ1) is 19.1. The van der Waals surface area contributed by atoms with Crippen LogP contribution in [0.2, 0.25) is 0 Å². The third-order valence-corrected chi connectivity index (χ3v) is 6.61. The lowest BCUT2D eigenvalue weighted by molar-refractivity contribution is -0.137. The average molecular weight is 575 g/mol. The Kier molecular flexibility index (Phi) is 8.68. The van der Waals surface area contributed by atoms with Gasteiger partial charge in [0.15, 0.2) is 34.7 Å². The number of aromatic nitrogens is 1. The van der Waals surface area contributed by atoms with E-state index in [-0.39, 0.29) is 17.3 Å². The van der Waals surface area contributed by atoms with Gasteiger partial charge in [0.25, 0.3) is 5.91 Å². The van der Waals surface area contributed by atoms with Crippen molar-refractivity contribution in [1.82, 2.24) is 4.98 Å². The SMILES string of the molecule is COc1ccc(/C=C\c2cc(OC)c(OC)c(OC)c2)cc1OCC(=O)Nc1nc2cc(C(F)(F)F)ccc2s1. The molecule has 0 saturated heterocycles. The van der Waals surface area contributed by atoms with Crippen LogP contribution in [0.1, 0.15) is 16.7 Å². The Labute approximate surface area is 231 Å². The van der Waals surface area contributed by atoms with Crippen LogP contribution in [-0.4, -0.2) is 45.9 Å². The van der Waals surface area contributed by atoms with E-state index in [1.807, 2.05) is 18.2 Å². The Balaban J connectivity index is 1.46. The van der Waals surface area contributed by atoms with E-state index in [9.17, 15) is 18.0 Å². The number of benzene rings is 3. The number of carbonyl (C=O) groups excluding carboxylic acids is 1. The van der Waals surface area contributed by atoms with Gasteiger partial charge in [0.05, 0.1) is 44.2 Å². The summed E-state index contributed by atoms with van der Waals surface area (Å²) in [6.45, 7) is -0.375. The van der Waals surface area contributed by atoms with Crippen molar-refractivity contribution in [3.05, 3.63) is 65.2 Å². The monoisotopic (exact) mass is 574 g/mol. The second kappa shape index (κ2) is 12.2. The molecule has 12 heteroatoms. The fourth-order valence-electron chi connectivity index (χ4n) is 3.76. The number of methoxy groups -OCH3 is 4. The zero-order valence-corrected chi connectivity index (χ0v) is 22.7. The fraction of sp³-hybridized carbons (Fsp3) is 0.214. The van der Waals surface area contributed by atoms with Crippen LogP contribution in [0.3, 0.4) is 0 Å². The number of carbonyl (C=O) groups is 1. The lowest BCUT2D eigenvalue weighted by Crippen LogP contribution is -2.20. The summed E-state index contributed by atoms with van der Waals surface area (Å²) in [5.74, 6) is 1.72. The Morgan fingerprint density at radius 1 is 0.850 bits per heavy atom. The maximum atomic E-state index is 13.0. The number of halogens is 3. The van der Waals surface area contributed by atoms with E-state index in [2.05, 4.69) is 10.3 Å². The summed E-state index contributed by atoms with van der Waals surface area (Å²) in [4.78, 5) is 16.6. The molecule has 1 aromatic heterocycles. The minimum Gasteiger partial charge on any atom is -0.493 e. The first-order valence-electron chi connectivity index (χ1n) is 11.7. The van der Waals surface area contributed by atoms with Crippen LogP contribution < -0.4 is 29.0 Å². The van der Waals surface area contributed by atoms with Crippen molar-refractivity contribution >= 4 is 44.7 Å². The van der Waals surface area contributed by atoms with E-state index in [1.54, 1.807) is 24.3 Å². The lowest BCUT2D eigenvalue weighted by atomic mass is 10.1. The largest absolute Gasteiger partial charge is 0.493 e. The van der Waals surface area contributed by atoms with Crippen molar-refractivity contribution in [3.8, 4) is 28.7 Å². The van der Waals surface area contributed by atoms with Crippen molar-refractivity contribution in [2.75, 3.05) is 40.4 Å². The maximum Gasteiger partial charge on any atom is 0.416 e. The molecule has 0 saturated carbocycles. The van der Waals surface area contributed by atoms with Gasteiger partial charge in [-0.1, -0.05) is 29.6 Å². The van der Waals surface area contributed by atoms with Crippen molar-refractivity contribution < 1.29 is 41.7 Å². The molecule has 0 spiro atoms. The molecule has 210 valence electrons. The van der Waals surface area contributed by atoms with Crippen molar-refractivity contribution in [2.24, 2.45) is 0 Å². The molecule has 0 aliphatic rings. The number of amides is 1. The van der Waals surface area contributed by atoms with Gasteiger partial charge in [0.1, 0.15) is 0 Å². The number of fused-ring (bicyclic) bond motifs is 1. The van der Waals surface area contributed by atoms with Crippen LogP contribution in [0, 0.1) is 0 Å². The van der Waals surface area contributed by atoms with Gasteiger partial charge < -0.3 is 23.7 Å². The van der Waals surface area contributed by atoms with Crippen LogP contribution in [0.4, 0.5) is 18.3 Å². The molecule has 0 unspecified atom stereocenters. The third kappa shape index (κ3) is 6.57. The Bertz CT molecular complexity index is 1530. The number of hydrogen-bond donors (Lipinski definition) is 1. The number of rotatable bonds is 10. The van der Waals surface area contributed by atoms with E-state index in [0.717, 1.165) is 34.6 Å². The van der Waals surface area contributed by atoms with Crippen molar-refractivity contribution in [3.63, 3.8) is 0 Å². The van der Waals surface area contributed by atoms with E-state index in [1.165, 1.54) is 34.5 Å². The third-order valence-electron chi connectivity index (χ3n) is 5.66. The molecular formula is C28H25F3N2O6S. The summed E-state index contributed by atoms with van der Waals surface area (Å²) < 4.78 is 66.6. The number of ether oxygens (including phenoxy) is 5. The smallest absolute Gasteiger partial charge is 0.416 e. The highest BCUT2D eigenvalue weighted by Crippen LogP contribution is 2.39. The van der Waals surface area contributed by atoms with Gasteiger partial charge in [0, 0.05) is 0 Å². The van der Waals surface area contributed by atoms with Crippen molar-refractivity contribution in [1.29, 1.82) is 0 Å². The highest BCUT2D eigenvalue weighted by molar-refractivity contribution is 7.22.